The Kier molecular flexibility index (Phi) is 6.10. The van der Waals surface area contributed by atoms with Crippen molar-refractivity contribution in [3.8, 4) is 17.1 Å². The third-order valence-corrected chi connectivity index (χ3v) is 7.06. The molecule has 4 aromatic rings. The number of halogens is 1. The molecular weight excluding hydrogens is 455 g/mol. The van der Waals surface area contributed by atoms with Crippen LogP contribution in [0.4, 0.5) is 9.52 Å². The van der Waals surface area contributed by atoms with E-state index in [2.05, 4.69) is 15.0 Å². The van der Waals surface area contributed by atoms with Crippen molar-refractivity contribution in [3.63, 3.8) is 0 Å². The summed E-state index contributed by atoms with van der Waals surface area (Å²) < 4.78 is 19.8. The van der Waals surface area contributed by atoms with Crippen LogP contribution >= 0.6 is 11.3 Å². The number of Topliss-reactive ketones (excluding diaryl/α,β-unsaturated/α-hetero) is 1. The van der Waals surface area contributed by atoms with Gasteiger partial charge in [0.05, 0.1) is 18.7 Å². The van der Waals surface area contributed by atoms with Gasteiger partial charge in [-0.15, -0.1) is 0 Å². The SMILES string of the molecule is COc1cccc(-c2nc3sc(N4CCC[C@@H]4C(=O)CCc4ccccc4)nc3c(=O)[nH]2)c1F. The van der Waals surface area contributed by atoms with Gasteiger partial charge in [0.25, 0.3) is 5.56 Å². The first-order valence-corrected chi connectivity index (χ1v) is 11.9. The number of fused-ring (bicyclic) bond motifs is 1. The number of ketones is 1. The minimum atomic E-state index is -0.596. The molecule has 0 aliphatic carbocycles. The molecule has 3 heterocycles. The quantitative estimate of drug-likeness (QED) is 0.425. The number of hydrogen-bond donors (Lipinski definition) is 1. The summed E-state index contributed by atoms with van der Waals surface area (Å²) in [6.07, 6.45) is 2.78. The number of aromatic amines is 1. The number of H-pyrrole nitrogens is 1. The van der Waals surface area contributed by atoms with Crippen molar-refractivity contribution in [2.75, 3.05) is 18.6 Å². The number of aryl methyl sites for hydroxylation is 1. The lowest BCUT2D eigenvalue weighted by Gasteiger charge is -2.22. The van der Waals surface area contributed by atoms with Crippen molar-refractivity contribution in [3.05, 3.63) is 70.3 Å². The van der Waals surface area contributed by atoms with Crippen LogP contribution in [0.15, 0.2) is 53.3 Å². The minimum Gasteiger partial charge on any atom is -0.494 e. The number of nitrogens with one attached hydrogen (secondary N) is 1. The summed E-state index contributed by atoms with van der Waals surface area (Å²) in [5, 5.41) is 0.590. The highest BCUT2D eigenvalue weighted by Gasteiger charge is 2.32. The van der Waals surface area contributed by atoms with Gasteiger partial charge in [-0.3, -0.25) is 9.59 Å². The molecule has 5 rings (SSSR count). The maximum Gasteiger partial charge on any atom is 0.278 e. The molecule has 1 fully saturated rings. The normalized spacial score (nSPS) is 15.7. The van der Waals surface area contributed by atoms with Gasteiger partial charge in [0.15, 0.2) is 32.8 Å². The number of anilines is 1. The van der Waals surface area contributed by atoms with Gasteiger partial charge in [-0.1, -0.05) is 47.7 Å². The van der Waals surface area contributed by atoms with Gasteiger partial charge in [-0.05, 0) is 37.0 Å². The number of carbonyl (C=O) groups is 1. The molecule has 0 saturated carbocycles. The molecule has 174 valence electrons. The number of ether oxygens (including phenoxy) is 1. The second kappa shape index (κ2) is 9.34. The van der Waals surface area contributed by atoms with Crippen molar-refractivity contribution < 1.29 is 13.9 Å². The number of rotatable bonds is 7. The smallest absolute Gasteiger partial charge is 0.278 e. The molecule has 0 amide bonds. The summed E-state index contributed by atoms with van der Waals surface area (Å²) in [6, 6.07) is 14.4. The second-order valence-electron chi connectivity index (χ2n) is 8.19. The van der Waals surface area contributed by atoms with E-state index in [9.17, 15) is 14.0 Å². The van der Waals surface area contributed by atoms with Gasteiger partial charge < -0.3 is 14.6 Å². The number of thiazole rings is 1. The van der Waals surface area contributed by atoms with Gasteiger partial charge >= 0.3 is 0 Å². The summed E-state index contributed by atoms with van der Waals surface area (Å²) in [5.41, 5.74) is 1.02. The van der Waals surface area contributed by atoms with E-state index < -0.39 is 11.4 Å². The Balaban J connectivity index is 1.42. The predicted molar refractivity (Wildman–Crippen MR) is 130 cm³/mol. The molecule has 0 radical (unpaired) electrons. The highest BCUT2D eigenvalue weighted by atomic mass is 32.1. The van der Waals surface area contributed by atoms with Gasteiger partial charge in [0, 0.05) is 13.0 Å². The van der Waals surface area contributed by atoms with Crippen molar-refractivity contribution in [2.45, 2.75) is 31.7 Å². The monoisotopic (exact) mass is 478 g/mol. The largest absolute Gasteiger partial charge is 0.494 e. The molecule has 1 aliphatic heterocycles. The van der Waals surface area contributed by atoms with Crippen molar-refractivity contribution >= 4 is 32.6 Å². The van der Waals surface area contributed by atoms with E-state index in [1.807, 2.05) is 35.2 Å². The number of nitrogens with zero attached hydrogens (tertiary/aromatic N) is 3. The number of methoxy groups -OCH3 is 1. The van der Waals surface area contributed by atoms with Crippen LogP contribution in [0, 0.1) is 5.82 Å². The number of benzene rings is 2. The third-order valence-electron chi connectivity index (χ3n) is 6.07. The Bertz CT molecular complexity index is 1400. The summed E-state index contributed by atoms with van der Waals surface area (Å²) in [4.78, 5) is 39.8. The maximum absolute atomic E-state index is 14.7. The first kappa shape index (κ1) is 22.2. The van der Waals surface area contributed by atoms with Crippen LogP contribution < -0.4 is 15.2 Å². The third kappa shape index (κ3) is 4.19. The molecule has 2 aromatic heterocycles. The van der Waals surface area contributed by atoms with Gasteiger partial charge in [0.2, 0.25) is 0 Å². The van der Waals surface area contributed by atoms with E-state index in [4.69, 9.17) is 4.74 Å². The highest BCUT2D eigenvalue weighted by Crippen LogP contribution is 2.33. The maximum atomic E-state index is 14.7. The Hall–Kier alpha value is -3.59. The molecule has 1 atom stereocenters. The zero-order chi connectivity index (χ0) is 23.7. The summed E-state index contributed by atoms with van der Waals surface area (Å²) in [5.74, 6) is -0.248. The molecule has 7 nitrogen and oxygen atoms in total. The molecule has 9 heteroatoms. The predicted octanol–water partition coefficient (Wildman–Crippen LogP) is 4.37. The van der Waals surface area contributed by atoms with Crippen LogP contribution in [0.1, 0.15) is 24.8 Å². The summed E-state index contributed by atoms with van der Waals surface area (Å²) in [6.45, 7) is 0.691. The van der Waals surface area contributed by atoms with E-state index in [0.29, 0.717) is 29.3 Å². The molecule has 0 bridgehead atoms. The zero-order valence-corrected chi connectivity index (χ0v) is 19.4. The number of hydrogen-bond acceptors (Lipinski definition) is 7. The van der Waals surface area contributed by atoms with Crippen LogP contribution in [-0.2, 0) is 11.2 Å². The van der Waals surface area contributed by atoms with Crippen molar-refractivity contribution in [1.82, 2.24) is 15.0 Å². The average molecular weight is 479 g/mol. The fourth-order valence-corrected chi connectivity index (χ4v) is 5.35. The van der Waals surface area contributed by atoms with Crippen LogP contribution in [0.3, 0.4) is 0 Å². The van der Waals surface area contributed by atoms with E-state index in [1.54, 1.807) is 6.07 Å². The lowest BCUT2D eigenvalue weighted by molar-refractivity contribution is -0.120. The Morgan fingerprint density at radius 2 is 2.03 bits per heavy atom. The van der Waals surface area contributed by atoms with Crippen molar-refractivity contribution in [2.24, 2.45) is 0 Å². The van der Waals surface area contributed by atoms with E-state index >= 15 is 0 Å². The number of carbonyl (C=O) groups excluding carboxylic acids is 1. The highest BCUT2D eigenvalue weighted by molar-refractivity contribution is 7.21. The lowest BCUT2D eigenvalue weighted by atomic mass is 10.0. The van der Waals surface area contributed by atoms with E-state index in [0.717, 1.165) is 18.4 Å². The summed E-state index contributed by atoms with van der Waals surface area (Å²) in [7, 11) is 1.38. The lowest BCUT2D eigenvalue weighted by Crippen LogP contribution is -2.36. The van der Waals surface area contributed by atoms with E-state index in [-0.39, 0.29) is 34.5 Å². The molecule has 2 aromatic carbocycles. The standard InChI is InChI=1S/C25H23FN4O3S/c1-33-19-11-5-9-16(20(19)26)22-28-23(32)21-24(29-22)34-25(27-21)30-14-6-10-17(30)18(31)13-12-15-7-3-2-4-8-15/h2-5,7-9,11,17H,6,10,12-14H2,1H3,(H,28,29,32)/t17-/m1/s1. The van der Waals surface area contributed by atoms with Gasteiger partial charge in [-0.2, -0.15) is 0 Å². The first-order valence-electron chi connectivity index (χ1n) is 11.1. The van der Waals surface area contributed by atoms with Gasteiger partial charge in [0.1, 0.15) is 5.82 Å². The topological polar surface area (TPSA) is 88.2 Å². The Labute approximate surface area is 199 Å². The van der Waals surface area contributed by atoms with Crippen LogP contribution in [-0.4, -0.2) is 40.4 Å². The molecule has 0 unspecified atom stereocenters. The van der Waals surface area contributed by atoms with Crippen LogP contribution in [0.25, 0.3) is 21.7 Å². The second-order valence-corrected chi connectivity index (χ2v) is 9.15. The molecule has 0 spiro atoms. The Morgan fingerprint density at radius 1 is 1.21 bits per heavy atom. The van der Waals surface area contributed by atoms with Crippen LogP contribution in [0.2, 0.25) is 0 Å². The van der Waals surface area contributed by atoms with Crippen molar-refractivity contribution in [1.29, 1.82) is 0 Å². The van der Waals surface area contributed by atoms with E-state index in [1.165, 1.54) is 30.6 Å². The molecular formula is C25H23FN4O3S. The fraction of sp³-hybridized carbons (Fsp3) is 0.280. The number of aromatic nitrogens is 3. The average Bonchev–Trinajstić information content (AvgIpc) is 3.51. The summed E-state index contributed by atoms with van der Waals surface area (Å²) >= 11 is 1.25. The van der Waals surface area contributed by atoms with Gasteiger partial charge in [-0.25, -0.2) is 14.4 Å². The molecule has 1 N–H and O–H groups in total. The Morgan fingerprint density at radius 3 is 2.82 bits per heavy atom. The minimum absolute atomic E-state index is 0.0687. The van der Waals surface area contributed by atoms with Crippen LogP contribution in [0.5, 0.6) is 5.75 Å². The first-order chi connectivity index (χ1) is 16.5. The zero-order valence-electron chi connectivity index (χ0n) is 18.6. The molecule has 1 aliphatic rings. The molecule has 34 heavy (non-hydrogen) atoms. The fourth-order valence-electron chi connectivity index (χ4n) is 4.33. The molecule has 1 saturated heterocycles.